The van der Waals surface area contributed by atoms with E-state index in [1.165, 1.54) is 17.1 Å². The van der Waals surface area contributed by atoms with E-state index in [0.29, 0.717) is 18.7 Å². The highest BCUT2D eigenvalue weighted by Gasteiger charge is 2.22. The Morgan fingerprint density at radius 3 is 2.65 bits per heavy atom. The van der Waals surface area contributed by atoms with Crippen molar-refractivity contribution in [3.63, 3.8) is 0 Å². The van der Waals surface area contributed by atoms with E-state index in [0.717, 1.165) is 17.3 Å². The normalized spacial score (nSPS) is 13.5. The van der Waals surface area contributed by atoms with E-state index in [1.807, 2.05) is 30.3 Å². The molecule has 2 aromatic carbocycles. The van der Waals surface area contributed by atoms with Gasteiger partial charge in [0.1, 0.15) is 5.82 Å². The number of carbonyl (C=O) groups is 2. The third-order valence-corrected chi connectivity index (χ3v) is 4.28. The van der Waals surface area contributed by atoms with Crippen LogP contribution in [0.3, 0.4) is 0 Å². The third kappa shape index (κ3) is 4.46. The van der Waals surface area contributed by atoms with Crippen molar-refractivity contribution in [2.75, 3.05) is 11.9 Å². The zero-order valence-electron chi connectivity index (χ0n) is 13.9. The molecule has 0 aliphatic carbocycles. The quantitative estimate of drug-likeness (QED) is 0.865. The Balaban J connectivity index is 1.52. The van der Waals surface area contributed by atoms with Gasteiger partial charge in [-0.05, 0) is 23.8 Å². The van der Waals surface area contributed by atoms with Crippen LogP contribution in [0.5, 0.6) is 0 Å². The summed E-state index contributed by atoms with van der Waals surface area (Å²) in [7, 11) is 0. The number of carbonyl (C=O) groups excluding carboxylic acids is 2. The van der Waals surface area contributed by atoms with Gasteiger partial charge in [0, 0.05) is 19.3 Å². The molecule has 0 unspecified atom stereocenters. The molecule has 0 bridgehead atoms. The standard InChI is InChI=1S/C19H17ClFN3O2/c20-15-12-14(21)6-7-17(15)22-18(25)8-9-19(26)24-11-10-16(23-24)13-4-2-1-3-5-13/h1-7,12H,8-11H2,(H,22,25). The lowest BCUT2D eigenvalue weighted by Gasteiger charge is -2.11. The molecule has 0 aromatic heterocycles. The smallest absolute Gasteiger partial charge is 0.243 e. The fourth-order valence-corrected chi connectivity index (χ4v) is 2.84. The number of amides is 2. The first-order valence-electron chi connectivity index (χ1n) is 8.21. The van der Waals surface area contributed by atoms with Crippen molar-refractivity contribution in [3.05, 3.63) is 64.9 Å². The third-order valence-electron chi connectivity index (χ3n) is 3.97. The van der Waals surface area contributed by atoms with Crippen LogP contribution >= 0.6 is 11.6 Å². The van der Waals surface area contributed by atoms with Crippen LogP contribution in [0, 0.1) is 5.82 Å². The Hall–Kier alpha value is -2.73. The molecular weight excluding hydrogens is 357 g/mol. The van der Waals surface area contributed by atoms with E-state index < -0.39 is 5.82 Å². The molecule has 0 fully saturated rings. The molecule has 2 aromatic rings. The predicted octanol–water partition coefficient (Wildman–Crippen LogP) is 3.83. The van der Waals surface area contributed by atoms with E-state index in [4.69, 9.17) is 11.6 Å². The van der Waals surface area contributed by atoms with Crippen LogP contribution in [0.15, 0.2) is 53.6 Å². The zero-order chi connectivity index (χ0) is 18.5. The summed E-state index contributed by atoms with van der Waals surface area (Å²) in [5.41, 5.74) is 2.17. The molecule has 1 aliphatic heterocycles. The second-order valence-corrected chi connectivity index (χ2v) is 6.26. The Labute approximate surface area is 155 Å². The summed E-state index contributed by atoms with van der Waals surface area (Å²) in [5.74, 6) is -1.06. The minimum Gasteiger partial charge on any atom is -0.325 e. The topological polar surface area (TPSA) is 61.8 Å². The van der Waals surface area contributed by atoms with Crippen LogP contribution in [0.1, 0.15) is 24.8 Å². The minimum atomic E-state index is -0.482. The van der Waals surface area contributed by atoms with Gasteiger partial charge in [0.05, 0.1) is 23.0 Å². The van der Waals surface area contributed by atoms with E-state index in [1.54, 1.807) is 0 Å². The predicted molar refractivity (Wildman–Crippen MR) is 98.6 cm³/mol. The number of nitrogens with zero attached hydrogens (tertiary/aromatic N) is 2. The van der Waals surface area contributed by atoms with Gasteiger partial charge in [-0.1, -0.05) is 41.9 Å². The molecule has 1 heterocycles. The van der Waals surface area contributed by atoms with E-state index >= 15 is 0 Å². The largest absolute Gasteiger partial charge is 0.325 e. The molecule has 0 saturated carbocycles. The number of hydrogen-bond acceptors (Lipinski definition) is 3. The SMILES string of the molecule is O=C(CCC(=O)N1CCC(c2ccccc2)=N1)Nc1ccc(F)cc1Cl. The van der Waals surface area contributed by atoms with Crippen molar-refractivity contribution >= 4 is 34.8 Å². The lowest BCUT2D eigenvalue weighted by Crippen LogP contribution is -2.25. The molecule has 7 heteroatoms. The highest BCUT2D eigenvalue weighted by molar-refractivity contribution is 6.33. The average molecular weight is 374 g/mol. The van der Waals surface area contributed by atoms with Crippen molar-refractivity contribution in [1.29, 1.82) is 0 Å². The fraction of sp³-hybridized carbons (Fsp3) is 0.211. The van der Waals surface area contributed by atoms with E-state index in [9.17, 15) is 14.0 Å². The maximum atomic E-state index is 13.0. The average Bonchev–Trinajstić information content (AvgIpc) is 3.13. The molecule has 3 rings (SSSR count). The first-order valence-corrected chi connectivity index (χ1v) is 8.59. The van der Waals surface area contributed by atoms with Gasteiger partial charge in [-0.25, -0.2) is 9.40 Å². The minimum absolute atomic E-state index is 0.000765. The van der Waals surface area contributed by atoms with Crippen LogP contribution in [-0.4, -0.2) is 29.1 Å². The maximum absolute atomic E-state index is 13.0. The Morgan fingerprint density at radius 2 is 1.92 bits per heavy atom. The summed E-state index contributed by atoms with van der Waals surface area (Å²) >= 11 is 5.87. The lowest BCUT2D eigenvalue weighted by atomic mass is 10.1. The van der Waals surface area contributed by atoms with Crippen LogP contribution in [0.4, 0.5) is 10.1 Å². The Bertz CT molecular complexity index is 855. The maximum Gasteiger partial charge on any atom is 0.243 e. The first-order chi connectivity index (χ1) is 12.5. The molecule has 1 aliphatic rings. The van der Waals surface area contributed by atoms with Crippen molar-refractivity contribution in [2.45, 2.75) is 19.3 Å². The zero-order valence-corrected chi connectivity index (χ0v) is 14.7. The highest BCUT2D eigenvalue weighted by Crippen LogP contribution is 2.22. The van der Waals surface area contributed by atoms with Gasteiger partial charge >= 0.3 is 0 Å². The molecular formula is C19H17ClFN3O2. The second-order valence-electron chi connectivity index (χ2n) is 5.85. The fourth-order valence-electron chi connectivity index (χ4n) is 2.62. The summed E-state index contributed by atoms with van der Waals surface area (Å²) in [6, 6.07) is 13.4. The molecule has 0 radical (unpaired) electrons. The first kappa shape index (κ1) is 18.1. The van der Waals surface area contributed by atoms with Gasteiger partial charge < -0.3 is 5.32 Å². The number of anilines is 1. The number of halogens is 2. The van der Waals surface area contributed by atoms with Gasteiger partial charge in [-0.3, -0.25) is 9.59 Å². The van der Waals surface area contributed by atoms with Crippen molar-refractivity contribution in [3.8, 4) is 0 Å². The number of nitrogens with one attached hydrogen (secondary N) is 1. The summed E-state index contributed by atoms with van der Waals surface area (Å²) in [4.78, 5) is 24.2. The molecule has 0 atom stereocenters. The molecule has 26 heavy (non-hydrogen) atoms. The van der Waals surface area contributed by atoms with Gasteiger partial charge in [0.2, 0.25) is 11.8 Å². The van der Waals surface area contributed by atoms with Gasteiger partial charge in [0.25, 0.3) is 0 Å². The van der Waals surface area contributed by atoms with Crippen molar-refractivity contribution < 1.29 is 14.0 Å². The molecule has 0 saturated heterocycles. The number of hydrazone groups is 1. The molecule has 5 nitrogen and oxygen atoms in total. The molecule has 2 amide bonds. The van der Waals surface area contributed by atoms with Crippen LogP contribution in [-0.2, 0) is 9.59 Å². The van der Waals surface area contributed by atoms with Gasteiger partial charge in [-0.15, -0.1) is 0 Å². The lowest BCUT2D eigenvalue weighted by molar-refractivity contribution is -0.132. The summed E-state index contributed by atoms with van der Waals surface area (Å²) in [6.07, 6.45) is 0.725. The van der Waals surface area contributed by atoms with Crippen molar-refractivity contribution in [2.24, 2.45) is 5.10 Å². The monoisotopic (exact) mass is 373 g/mol. The number of rotatable bonds is 5. The van der Waals surface area contributed by atoms with Gasteiger partial charge in [0.15, 0.2) is 0 Å². The number of benzene rings is 2. The number of hydrogen-bond donors (Lipinski definition) is 1. The molecule has 0 spiro atoms. The Kier molecular flexibility index (Phi) is 5.63. The van der Waals surface area contributed by atoms with Gasteiger partial charge in [-0.2, -0.15) is 5.10 Å². The van der Waals surface area contributed by atoms with Crippen LogP contribution in [0.25, 0.3) is 0 Å². The molecule has 1 N–H and O–H groups in total. The summed E-state index contributed by atoms with van der Waals surface area (Å²) in [5, 5.41) is 8.44. The summed E-state index contributed by atoms with van der Waals surface area (Å²) in [6.45, 7) is 0.508. The Morgan fingerprint density at radius 1 is 1.15 bits per heavy atom. The molecule has 134 valence electrons. The highest BCUT2D eigenvalue weighted by atomic mass is 35.5. The van der Waals surface area contributed by atoms with E-state index in [-0.39, 0.29) is 29.7 Å². The van der Waals surface area contributed by atoms with Crippen molar-refractivity contribution in [1.82, 2.24) is 5.01 Å². The van der Waals surface area contributed by atoms with E-state index in [2.05, 4.69) is 10.4 Å². The van der Waals surface area contributed by atoms with Crippen LogP contribution in [0.2, 0.25) is 5.02 Å². The van der Waals surface area contributed by atoms with Crippen LogP contribution < -0.4 is 5.32 Å². The second kappa shape index (κ2) is 8.10. The summed E-state index contributed by atoms with van der Waals surface area (Å²) < 4.78 is 13.0.